The molecule has 1 aliphatic heterocycles. The molecule has 0 saturated heterocycles. The number of hydrogen-bond donors (Lipinski definition) is 2. The summed E-state index contributed by atoms with van der Waals surface area (Å²) in [4.78, 5) is 16.2. The number of aromatic nitrogens is 1. The van der Waals surface area contributed by atoms with Crippen LogP contribution in [0.5, 0.6) is 5.75 Å². The number of likely N-dealkylation sites (N-methyl/N-ethyl adjacent to an activating group) is 1. The number of hydrogen-bond acceptors (Lipinski definition) is 4. The number of rotatable bonds is 6. The summed E-state index contributed by atoms with van der Waals surface area (Å²) in [6.45, 7) is 5.08. The normalized spacial score (nSPS) is 13.7. The number of fused-ring (bicyclic) bond motifs is 1. The number of nitrogens with zero attached hydrogens (tertiary/aromatic N) is 2. The van der Waals surface area contributed by atoms with Gasteiger partial charge in [-0.1, -0.05) is 0 Å². The van der Waals surface area contributed by atoms with E-state index in [2.05, 4.69) is 39.5 Å². The first-order valence-corrected chi connectivity index (χ1v) is 10.7. The van der Waals surface area contributed by atoms with Crippen molar-refractivity contribution < 1.29 is 9.53 Å². The number of urea groups is 1. The molecule has 0 fully saturated rings. The number of anilines is 1. The molecule has 0 saturated carbocycles. The Bertz CT molecular complexity index is 964. The van der Waals surface area contributed by atoms with Crippen LogP contribution < -0.4 is 15.4 Å². The van der Waals surface area contributed by atoms with Crippen LogP contribution in [0.3, 0.4) is 0 Å². The quantitative estimate of drug-likeness (QED) is 0.639. The van der Waals surface area contributed by atoms with Crippen molar-refractivity contribution in [2.45, 2.75) is 26.4 Å². The SMILES string of the molecule is CCOc1ccc(NC(=O)NCc2c(-n3cccc3)sc3c2CCN(C)C3)cc1. The van der Waals surface area contributed by atoms with Gasteiger partial charge in [-0.05, 0) is 62.4 Å². The molecule has 3 aromatic rings. The Kier molecular flexibility index (Phi) is 5.87. The molecule has 0 atom stereocenters. The fourth-order valence-corrected chi connectivity index (χ4v) is 5.00. The van der Waals surface area contributed by atoms with Crippen LogP contribution in [0, 0.1) is 0 Å². The monoisotopic (exact) mass is 410 g/mol. The molecule has 0 unspecified atom stereocenters. The van der Waals surface area contributed by atoms with Crippen molar-refractivity contribution in [1.82, 2.24) is 14.8 Å². The van der Waals surface area contributed by atoms with Crippen LogP contribution in [0.2, 0.25) is 0 Å². The van der Waals surface area contributed by atoms with Gasteiger partial charge in [-0.3, -0.25) is 0 Å². The number of thiophene rings is 1. The van der Waals surface area contributed by atoms with Crippen LogP contribution in [0.4, 0.5) is 10.5 Å². The summed E-state index contributed by atoms with van der Waals surface area (Å²) < 4.78 is 7.58. The lowest BCUT2D eigenvalue weighted by Gasteiger charge is -2.22. The van der Waals surface area contributed by atoms with Crippen LogP contribution >= 0.6 is 11.3 Å². The third-order valence-corrected chi connectivity index (χ3v) is 6.30. The Morgan fingerprint density at radius 3 is 2.69 bits per heavy atom. The summed E-state index contributed by atoms with van der Waals surface area (Å²) in [5.74, 6) is 0.796. The molecule has 7 heteroatoms. The van der Waals surface area contributed by atoms with Gasteiger partial charge in [0.15, 0.2) is 0 Å². The highest BCUT2D eigenvalue weighted by atomic mass is 32.1. The van der Waals surface area contributed by atoms with Crippen molar-refractivity contribution in [1.29, 1.82) is 0 Å². The summed E-state index contributed by atoms with van der Waals surface area (Å²) >= 11 is 1.82. The van der Waals surface area contributed by atoms with Crippen molar-refractivity contribution in [3.05, 3.63) is 64.8 Å². The van der Waals surface area contributed by atoms with E-state index in [-0.39, 0.29) is 6.03 Å². The first-order valence-electron chi connectivity index (χ1n) is 9.87. The summed E-state index contributed by atoms with van der Waals surface area (Å²) in [5, 5.41) is 7.12. The molecular weight excluding hydrogens is 384 g/mol. The van der Waals surface area contributed by atoms with Gasteiger partial charge < -0.3 is 24.8 Å². The van der Waals surface area contributed by atoms with Crippen LogP contribution in [0.25, 0.3) is 5.00 Å². The number of carbonyl (C=O) groups excluding carboxylic acids is 1. The fourth-order valence-electron chi connectivity index (χ4n) is 3.59. The Morgan fingerprint density at radius 1 is 1.21 bits per heavy atom. The Balaban J connectivity index is 1.47. The van der Waals surface area contributed by atoms with Crippen molar-refractivity contribution in [2.24, 2.45) is 0 Å². The molecule has 1 aromatic carbocycles. The van der Waals surface area contributed by atoms with Gasteiger partial charge in [0.25, 0.3) is 0 Å². The zero-order chi connectivity index (χ0) is 20.2. The van der Waals surface area contributed by atoms with Gasteiger partial charge in [-0.25, -0.2) is 4.79 Å². The van der Waals surface area contributed by atoms with Crippen LogP contribution in [-0.2, 0) is 19.5 Å². The molecule has 152 valence electrons. The molecule has 1 aliphatic rings. The topological polar surface area (TPSA) is 58.5 Å². The second kappa shape index (κ2) is 8.71. The Hall–Kier alpha value is -2.77. The molecule has 4 rings (SSSR count). The van der Waals surface area contributed by atoms with Crippen LogP contribution in [-0.4, -0.2) is 35.7 Å². The third kappa shape index (κ3) is 4.46. The van der Waals surface area contributed by atoms with E-state index in [9.17, 15) is 4.79 Å². The summed E-state index contributed by atoms with van der Waals surface area (Å²) in [6, 6.07) is 11.3. The van der Waals surface area contributed by atoms with E-state index in [4.69, 9.17) is 4.74 Å². The molecule has 2 aromatic heterocycles. The Labute approximate surface area is 175 Å². The minimum Gasteiger partial charge on any atom is -0.494 e. The number of ether oxygens (including phenoxy) is 1. The molecule has 29 heavy (non-hydrogen) atoms. The average Bonchev–Trinajstić information content (AvgIpc) is 3.35. The van der Waals surface area contributed by atoms with Gasteiger partial charge in [-0.15, -0.1) is 11.3 Å². The second-order valence-electron chi connectivity index (χ2n) is 7.13. The molecule has 0 spiro atoms. The number of nitrogens with one attached hydrogen (secondary N) is 2. The molecule has 6 nitrogen and oxygen atoms in total. The van der Waals surface area contributed by atoms with E-state index in [1.165, 1.54) is 21.0 Å². The highest BCUT2D eigenvalue weighted by Crippen LogP contribution is 2.35. The predicted octanol–water partition coefficient (Wildman–Crippen LogP) is 4.25. The van der Waals surface area contributed by atoms with E-state index in [1.807, 2.05) is 54.7 Å². The average molecular weight is 411 g/mol. The van der Waals surface area contributed by atoms with E-state index in [0.717, 1.165) is 30.9 Å². The first-order chi connectivity index (χ1) is 14.1. The van der Waals surface area contributed by atoms with Gasteiger partial charge >= 0.3 is 6.03 Å². The lowest BCUT2D eigenvalue weighted by Crippen LogP contribution is -2.30. The van der Waals surface area contributed by atoms with Gasteiger partial charge in [0.05, 0.1) is 6.61 Å². The summed E-state index contributed by atoms with van der Waals surface area (Å²) in [6.07, 6.45) is 5.14. The molecular formula is C22H26N4O2S. The molecule has 3 heterocycles. The zero-order valence-electron chi connectivity index (χ0n) is 16.8. The maximum atomic E-state index is 12.5. The fraction of sp³-hybridized carbons (Fsp3) is 0.318. The van der Waals surface area contributed by atoms with Crippen LogP contribution in [0.1, 0.15) is 22.9 Å². The van der Waals surface area contributed by atoms with Crippen LogP contribution in [0.15, 0.2) is 48.8 Å². The number of amides is 2. The van der Waals surface area contributed by atoms with Gasteiger partial charge in [-0.2, -0.15) is 0 Å². The number of carbonyl (C=O) groups is 1. The third-order valence-electron chi connectivity index (χ3n) is 5.02. The zero-order valence-corrected chi connectivity index (χ0v) is 17.6. The smallest absolute Gasteiger partial charge is 0.319 e. The van der Waals surface area contributed by atoms with E-state index >= 15 is 0 Å². The highest BCUT2D eigenvalue weighted by molar-refractivity contribution is 7.14. The second-order valence-corrected chi connectivity index (χ2v) is 8.21. The molecule has 2 N–H and O–H groups in total. The minimum atomic E-state index is -0.208. The maximum absolute atomic E-state index is 12.5. The number of benzene rings is 1. The van der Waals surface area contributed by atoms with Gasteiger partial charge in [0.2, 0.25) is 0 Å². The molecule has 2 amide bonds. The lowest BCUT2D eigenvalue weighted by atomic mass is 10.0. The largest absolute Gasteiger partial charge is 0.494 e. The van der Waals surface area contributed by atoms with Gasteiger partial charge in [0, 0.05) is 48.2 Å². The minimum absolute atomic E-state index is 0.208. The molecule has 0 aliphatic carbocycles. The standard InChI is InChI=1S/C22H26N4O2S/c1-3-28-17-8-6-16(7-9-17)24-22(27)23-14-19-18-10-13-25(2)15-20(18)29-21(19)26-11-4-5-12-26/h4-9,11-12H,3,10,13-15H2,1-2H3,(H2,23,24,27). The van der Waals surface area contributed by atoms with E-state index in [1.54, 1.807) is 0 Å². The Morgan fingerprint density at radius 2 is 1.97 bits per heavy atom. The van der Waals surface area contributed by atoms with E-state index in [0.29, 0.717) is 13.2 Å². The van der Waals surface area contributed by atoms with Crippen molar-refractivity contribution in [3.63, 3.8) is 0 Å². The van der Waals surface area contributed by atoms with Gasteiger partial charge in [0.1, 0.15) is 10.8 Å². The van der Waals surface area contributed by atoms with E-state index < -0.39 is 0 Å². The first kappa shape index (κ1) is 19.5. The lowest BCUT2D eigenvalue weighted by molar-refractivity contribution is 0.251. The highest BCUT2D eigenvalue weighted by Gasteiger charge is 2.23. The molecule has 0 radical (unpaired) electrons. The predicted molar refractivity (Wildman–Crippen MR) is 117 cm³/mol. The van der Waals surface area contributed by atoms with Crippen molar-refractivity contribution in [2.75, 3.05) is 25.5 Å². The molecule has 0 bridgehead atoms. The summed E-state index contributed by atoms with van der Waals surface area (Å²) in [7, 11) is 2.15. The van der Waals surface area contributed by atoms with Crippen molar-refractivity contribution >= 4 is 23.1 Å². The maximum Gasteiger partial charge on any atom is 0.319 e. The van der Waals surface area contributed by atoms with Crippen molar-refractivity contribution in [3.8, 4) is 10.8 Å². The summed E-state index contributed by atoms with van der Waals surface area (Å²) in [5.41, 5.74) is 3.35.